The van der Waals surface area contributed by atoms with E-state index in [1.807, 2.05) is 6.07 Å². The molecule has 0 aliphatic carbocycles. The third kappa shape index (κ3) is 6.11. The number of aromatic nitrogens is 2. The summed E-state index contributed by atoms with van der Waals surface area (Å²) in [6.07, 6.45) is -3.84. The van der Waals surface area contributed by atoms with Crippen molar-refractivity contribution in [3.63, 3.8) is 0 Å². The van der Waals surface area contributed by atoms with Crippen molar-refractivity contribution in [2.75, 3.05) is 18.9 Å². The molecule has 0 bridgehead atoms. The summed E-state index contributed by atoms with van der Waals surface area (Å²) < 4.78 is 36.8. The Morgan fingerprint density at radius 2 is 2.08 bits per heavy atom. The summed E-state index contributed by atoms with van der Waals surface area (Å²) >= 11 is 0. The maximum Gasteiger partial charge on any atom is 0.459 e. The largest absolute Gasteiger partial charge is 0.459 e. The maximum atomic E-state index is 13.6. The summed E-state index contributed by atoms with van der Waals surface area (Å²) in [5.74, 6) is 0.209. The lowest BCUT2D eigenvalue weighted by molar-refractivity contribution is -0.110. The Kier molecular flexibility index (Phi) is 8.86. The number of aliphatic hydroxyl groups excluding tert-OH is 2. The van der Waals surface area contributed by atoms with Gasteiger partial charge in [-0.2, -0.15) is 10.2 Å². The van der Waals surface area contributed by atoms with Gasteiger partial charge in [0.1, 0.15) is 29.2 Å². The molecule has 2 unspecified atom stereocenters. The summed E-state index contributed by atoms with van der Waals surface area (Å²) in [5, 5.41) is 33.5. The van der Waals surface area contributed by atoms with Gasteiger partial charge >= 0.3 is 13.4 Å². The highest BCUT2D eigenvalue weighted by molar-refractivity contribution is 7.52. The summed E-state index contributed by atoms with van der Waals surface area (Å²) in [7, 11) is -4.17. The van der Waals surface area contributed by atoms with E-state index >= 15 is 0 Å². The summed E-state index contributed by atoms with van der Waals surface area (Å²) in [6, 6.07) is 10.7. The highest BCUT2D eigenvalue weighted by atomic mass is 31.2. The number of para-hydroxylation sites is 1. The van der Waals surface area contributed by atoms with Crippen LogP contribution >= 0.6 is 7.75 Å². The minimum Gasteiger partial charge on any atom is -0.413 e. The van der Waals surface area contributed by atoms with Gasteiger partial charge in [-0.3, -0.25) is 9.09 Å². The van der Waals surface area contributed by atoms with Gasteiger partial charge in [-0.05, 0) is 39.0 Å². The number of aliphatic hydroxyl groups is 2. The normalized spacial score (nSPS) is 27.1. The van der Waals surface area contributed by atoms with Crippen LogP contribution in [0, 0.1) is 16.7 Å². The molecule has 5 N–H and O–H groups in total. The molecule has 1 aromatic heterocycles. The number of nitrogens with one attached hydrogen (secondary N) is 1. The lowest BCUT2D eigenvalue weighted by Crippen LogP contribution is -2.41. The van der Waals surface area contributed by atoms with Gasteiger partial charge in [-0.25, -0.2) is 14.4 Å². The van der Waals surface area contributed by atoms with Crippen LogP contribution in [-0.4, -0.2) is 57.5 Å². The molecule has 1 aliphatic heterocycles. The lowest BCUT2D eigenvalue weighted by atomic mass is 9.84. The molecule has 36 heavy (non-hydrogen) atoms. The molecular formula is C22H30N5O8P. The van der Waals surface area contributed by atoms with Gasteiger partial charge in [-0.15, -0.1) is 0 Å². The topological polar surface area (TPSA) is 191 Å². The van der Waals surface area contributed by atoms with Crippen molar-refractivity contribution in [1.82, 2.24) is 14.6 Å². The van der Waals surface area contributed by atoms with E-state index in [2.05, 4.69) is 10.1 Å². The van der Waals surface area contributed by atoms with Gasteiger partial charge in [0.25, 0.3) is 0 Å². The highest BCUT2D eigenvalue weighted by Gasteiger charge is 2.55. The van der Waals surface area contributed by atoms with E-state index in [0.29, 0.717) is 0 Å². The van der Waals surface area contributed by atoms with Crippen molar-refractivity contribution in [2.24, 2.45) is 5.41 Å². The number of nitriles is 1. The van der Waals surface area contributed by atoms with E-state index in [1.54, 1.807) is 37.3 Å². The molecule has 0 spiro atoms. The molecule has 1 aliphatic rings. The first-order chi connectivity index (χ1) is 17.0. The van der Waals surface area contributed by atoms with E-state index < -0.39 is 56.2 Å². The molecule has 2 heterocycles. The van der Waals surface area contributed by atoms with E-state index in [1.165, 1.54) is 26.1 Å². The number of anilines is 1. The zero-order valence-corrected chi connectivity index (χ0v) is 20.9. The minimum atomic E-state index is -4.17. The number of hydrogen-bond donors (Lipinski definition) is 4. The average molecular weight is 523 g/mol. The van der Waals surface area contributed by atoms with E-state index in [4.69, 9.17) is 24.3 Å². The van der Waals surface area contributed by atoms with Crippen molar-refractivity contribution in [3.8, 4) is 11.8 Å². The van der Waals surface area contributed by atoms with E-state index in [9.17, 15) is 24.8 Å². The van der Waals surface area contributed by atoms with Crippen molar-refractivity contribution >= 4 is 13.6 Å². The van der Waals surface area contributed by atoms with Crippen molar-refractivity contribution < 1.29 is 33.3 Å². The molecule has 196 valence electrons. The van der Waals surface area contributed by atoms with Crippen LogP contribution in [0.4, 0.5) is 5.82 Å². The number of nitrogens with zero attached hydrogens (tertiary/aromatic N) is 3. The van der Waals surface area contributed by atoms with Crippen molar-refractivity contribution in [1.29, 1.82) is 5.26 Å². The number of ether oxygens (including phenoxy) is 2. The Morgan fingerprint density at radius 1 is 1.39 bits per heavy atom. The average Bonchev–Trinajstić information content (AvgIpc) is 3.09. The van der Waals surface area contributed by atoms with E-state index in [0.717, 1.165) is 4.57 Å². The quantitative estimate of drug-likeness (QED) is 0.243. The Labute approximate surface area is 208 Å². The van der Waals surface area contributed by atoms with Gasteiger partial charge in [0.2, 0.25) is 0 Å². The standard InChI is InChI=1S/C22H30N5O8P/c1-4-32-19(29)14(2)26-36(31,35-15-8-6-5-7-9-15)33-12-16-18(28)22(3,13-23)20(34-16)27-11-10-17(24)25-21(27)30/h5-11,14,16,18-20,28-29H,4,12H2,1-3H3,(H,26,31)(H2,24,25,30)/t14-,16+,18+,19?,20+,22+,36?/m0/s1. The molecule has 14 heteroatoms. The Morgan fingerprint density at radius 3 is 2.69 bits per heavy atom. The van der Waals surface area contributed by atoms with Crippen LogP contribution in [0.15, 0.2) is 47.4 Å². The fourth-order valence-electron chi connectivity index (χ4n) is 3.63. The van der Waals surface area contributed by atoms with Gasteiger partial charge in [-0.1, -0.05) is 18.2 Å². The summed E-state index contributed by atoms with van der Waals surface area (Å²) in [4.78, 5) is 16.0. The second-order valence-corrected chi connectivity index (χ2v) is 10.1. The molecule has 3 rings (SSSR count). The molecule has 0 radical (unpaired) electrons. The molecule has 7 atom stereocenters. The van der Waals surface area contributed by atoms with Gasteiger partial charge in [0, 0.05) is 12.8 Å². The van der Waals surface area contributed by atoms with Crippen molar-refractivity contribution in [2.45, 2.75) is 51.5 Å². The van der Waals surface area contributed by atoms with Crippen LogP contribution in [0.25, 0.3) is 0 Å². The SMILES string of the molecule is CCOC(O)[C@H](C)NP(=O)(OC[C@H]1O[C@@H](n2ccc(N)nc2=O)[C@](C)(C#N)[C@@H]1O)Oc1ccccc1. The first kappa shape index (κ1) is 27.8. The van der Waals surface area contributed by atoms with Crippen LogP contribution in [0.5, 0.6) is 5.75 Å². The number of benzene rings is 1. The monoisotopic (exact) mass is 523 g/mol. The van der Waals surface area contributed by atoms with E-state index in [-0.39, 0.29) is 18.2 Å². The van der Waals surface area contributed by atoms with Gasteiger partial charge in [0.05, 0.1) is 18.7 Å². The third-order valence-electron chi connectivity index (χ3n) is 5.63. The zero-order valence-electron chi connectivity index (χ0n) is 20.1. The predicted octanol–water partition coefficient (Wildman–Crippen LogP) is 1.15. The molecule has 1 aromatic carbocycles. The summed E-state index contributed by atoms with van der Waals surface area (Å²) in [5.41, 5.74) is 3.19. The number of hydrogen-bond acceptors (Lipinski definition) is 11. The fraction of sp³-hybridized carbons (Fsp3) is 0.500. The second kappa shape index (κ2) is 11.5. The molecular weight excluding hydrogens is 493 g/mol. The molecule has 1 saturated heterocycles. The molecule has 0 saturated carbocycles. The Hall–Kier alpha value is -2.82. The smallest absolute Gasteiger partial charge is 0.413 e. The lowest BCUT2D eigenvalue weighted by Gasteiger charge is -2.27. The van der Waals surface area contributed by atoms with Crippen LogP contribution in [0.3, 0.4) is 0 Å². The second-order valence-electron chi connectivity index (χ2n) is 8.37. The van der Waals surface area contributed by atoms with Crippen molar-refractivity contribution in [3.05, 3.63) is 53.1 Å². The third-order valence-corrected chi connectivity index (χ3v) is 7.30. The minimum absolute atomic E-state index is 0.0122. The fourth-order valence-corrected chi connectivity index (χ4v) is 5.18. The van der Waals surface area contributed by atoms with Crippen LogP contribution < -0.4 is 21.0 Å². The van der Waals surface area contributed by atoms with Gasteiger partial charge in [0.15, 0.2) is 12.5 Å². The first-order valence-electron chi connectivity index (χ1n) is 11.2. The first-order valence-corrected chi connectivity index (χ1v) is 12.7. The molecule has 2 aromatic rings. The number of nitrogens with two attached hydrogens (primary N) is 1. The van der Waals surface area contributed by atoms with Crippen LogP contribution in [0.1, 0.15) is 27.0 Å². The highest BCUT2D eigenvalue weighted by Crippen LogP contribution is 2.48. The molecule has 0 amide bonds. The predicted molar refractivity (Wildman–Crippen MR) is 127 cm³/mol. The Balaban J connectivity index is 1.83. The molecule has 13 nitrogen and oxygen atoms in total. The number of nitrogen functional groups attached to an aromatic ring is 1. The molecule has 1 fully saturated rings. The maximum absolute atomic E-state index is 13.6. The van der Waals surface area contributed by atoms with Crippen LogP contribution in [-0.2, 0) is 18.6 Å². The zero-order chi connectivity index (χ0) is 26.5. The van der Waals surface area contributed by atoms with Crippen LogP contribution in [0.2, 0.25) is 0 Å². The van der Waals surface area contributed by atoms with Gasteiger partial charge < -0.3 is 29.9 Å². The number of rotatable bonds is 11. The summed E-state index contributed by atoms with van der Waals surface area (Å²) in [6.45, 7) is 4.36. The Bertz CT molecular complexity index is 1180.